The number of carbonyl (C=O) groups is 1. The highest BCUT2D eigenvalue weighted by molar-refractivity contribution is 7.15. The van der Waals surface area contributed by atoms with Gasteiger partial charge in [0.1, 0.15) is 11.0 Å². The number of nitrogens with zero attached hydrogens (tertiary/aromatic N) is 4. The fourth-order valence-corrected chi connectivity index (χ4v) is 3.45. The molecule has 1 fully saturated rings. The van der Waals surface area contributed by atoms with Crippen molar-refractivity contribution < 1.29 is 4.79 Å². The van der Waals surface area contributed by atoms with E-state index in [1.165, 1.54) is 11.3 Å². The summed E-state index contributed by atoms with van der Waals surface area (Å²) in [4.78, 5) is 16.9. The van der Waals surface area contributed by atoms with E-state index in [4.69, 9.17) is 5.73 Å². The summed E-state index contributed by atoms with van der Waals surface area (Å²) in [6.45, 7) is 3.38. The zero-order chi connectivity index (χ0) is 16.9. The number of urea groups is 1. The van der Waals surface area contributed by atoms with Crippen LogP contribution in [0.5, 0.6) is 0 Å². The lowest BCUT2D eigenvalue weighted by Crippen LogP contribution is -2.43. The number of hydrogen-bond donors (Lipinski definition) is 2. The number of likely N-dealkylation sites (N-methyl/N-ethyl adjacent to an activating group) is 1. The van der Waals surface area contributed by atoms with Crippen LogP contribution in [0.2, 0.25) is 0 Å². The molecule has 24 heavy (non-hydrogen) atoms. The van der Waals surface area contributed by atoms with E-state index in [0.29, 0.717) is 10.1 Å². The van der Waals surface area contributed by atoms with Gasteiger partial charge in [0.05, 0.1) is 0 Å². The summed E-state index contributed by atoms with van der Waals surface area (Å²) in [5.74, 6) is 0. The van der Waals surface area contributed by atoms with Gasteiger partial charge in [0.25, 0.3) is 0 Å². The average Bonchev–Trinajstić information content (AvgIpc) is 2.89. The second-order valence-electron chi connectivity index (χ2n) is 5.92. The van der Waals surface area contributed by atoms with Crippen LogP contribution in [0.25, 0.3) is 0 Å². The Morgan fingerprint density at radius 3 is 2.71 bits per heavy atom. The molecule has 2 aromatic rings. The van der Waals surface area contributed by atoms with Gasteiger partial charge < -0.3 is 20.9 Å². The highest BCUT2D eigenvalue weighted by Gasteiger charge is 2.24. The number of nitrogens with one attached hydrogen (secondary N) is 1. The van der Waals surface area contributed by atoms with E-state index in [1.807, 2.05) is 35.2 Å². The summed E-state index contributed by atoms with van der Waals surface area (Å²) in [7, 11) is 2.08. The van der Waals surface area contributed by atoms with Crippen molar-refractivity contribution in [2.75, 3.05) is 39.0 Å². The van der Waals surface area contributed by atoms with E-state index < -0.39 is 0 Å². The third-order valence-corrected chi connectivity index (χ3v) is 4.93. The normalized spacial score (nSPS) is 17.3. The molecule has 0 radical (unpaired) electrons. The molecule has 0 bridgehead atoms. The molecule has 8 heteroatoms. The standard InChI is InChI=1S/C16H22N6OS/c1-21-8-5-9-22(11-10-21)16(23)18-13(12-6-3-2-4-7-12)14-19-20-15(17)24-14/h2-4,6-7,13H,5,8-11H2,1H3,(H2,17,20)(H,18,23)/t13-/m1/s1. The van der Waals surface area contributed by atoms with E-state index in [1.54, 1.807) is 0 Å². The van der Waals surface area contributed by atoms with Crippen LogP contribution in [0, 0.1) is 0 Å². The lowest BCUT2D eigenvalue weighted by Gasteiger charge is -2.24. The number of anilines is 1. The predicted molar refractivity (Wildman–Crippen MR) is 94.8 cm³/mol. The molecule has 0 saturated carbocycles. The maximum Gasteiger partial charge on any atom is 0.318 e. The average molecular weight is 346 g/mol. The zero-order valence-corrected chi connectivity index (χ0v) is 14.5. The minimum absolute atomic E-state index is 0.0760. The first-order valence-corrected chi connectivity index (χ1v) is 8.83. The number of carbonyl (C=O) groups excluding carboxylic acids is 1. The zero-order valence-electron chi connectivity index (χ0n) is 13.7. The third-order valence-electron chi connectivity index (χ3n) is 4.11. The van der Waals surface area contributed by atoms with Crippen molar-refractivity contribution >= 4 is 22.5 Å². The van der Waals surface area contributed by atoms with Crippen molar-refractivity contribution in [3.8, 4) is 0 Å². The molecule has 1 aliphatic heterocycles. The van der Waals surface area contributed by atoms with Gasteiger partial charge in [-0.15, -0.1) is 10.2 Å². The maximum absolute atomic E-state index is 12.7. The van der Waals surface area contributed by atoms with E-state index in [9.17, 15) is 4.79 Å². The van der Waals surface area contributed by atoms with E-state index in [-0.39, 0.29) is 12.1 Å². The Labute approximate surface area is 145 Å². The Hall–Kier alpha value is -2.19. The van der Waals surface area contributed by atoms with Gasteiger partial charge in [-0.2, -0.15) is 0 Å². The van der Waals surface area contributed by atoms with Crippen molar-refractivity contribution in [1.82, 2.24) is 25.3 Å². The van der Waals surface area contributed by atoms with Crippen molar-refractivity contribution in [1.29, 1.82) is 0 Å². The number of rotatable bonds is 3. The molecular weight excluding hydrogens is 324 g/mol. The van der Waals surface area contributed by atoms with Gasteiger partial charge in [-0.05, 0) is 25.6 Å². The summed E-state index contributed by atoms with van der Waals surface area (Å²) < 4.78 is 0. The molecule has 0 aliphatic carbocycles. The van der Waals surface area contributed by atoms with Crippen molar-refractivity contribution in [2.45, 2.75) is 12.5 Å². The number of benzene rings is 1. The first-order chi connectivity index (χ1) is 11.6. The van der Waals surface area contributed by atoms with Crippen LogP contribution in [-0.4, -0.2) is 59.3 Å². The van der Waals surface area contributed by atoms with E-state index >= 15 is 0 Å². The highest BCUT2D eigenvalue weighted by atomic mass is 32.1. The molecule has 2 amide bonds. The summed E-state index contributed by atoms with van der Waals surface area (Å²) >= 11 is 1.30. The molecule has 7 nitrogen and oxygen atoms in total. The third kappa shape index (κ3) is 4.01. The maximum atomic E-state index is 12.7. The molecule has 3 N–H and O–H groups in total. The predicted octanol–water partition coefficient (Wildman–Crippen LogP) is 1.56. The second-order valence-corrected chi connectivity index (χ2v) is 6.96. The van der Waals surface area contributed by atoms with Crippen LogP contribution in [-0.2, 0) is 0 Å². The number of amides is 2. The summed E-state index contributed by atoms with van der Waals surface area (Å²) in [6.07, 6.45) is 0.978. The van der Waals surface area contributed by atoms with Crippen LogP contribution in [0.1, 0.15) is 23.0 Å². The molecule has 1 aromatic carbocycles. The van der Waals surface area contributed by atoms with Gasteiger partial charge >= 0.3 is 6.03 Å². The largest absolute Gasteiger partial charge is 0.374 e. The summed E-state index contributed by atoms with van der Waals surface area (Å²) in [6, 6.07) is 9.36. The first kappa shape index (κ1) is 16.7. The molecule has 0 spiro atoms. The molecule has 0 unspecified atom stereocenters. The Bertz CT molecular complexity index is 676. The van der Waals surface area contributed by atoms with Gasteiger partial charge in [-0.3, -0.25) is 0 Å². The number of aromatic nitrogens is 2. The monoisotopic (exact) mass is 346 g/mol. The molecule has 1 aliphatic rings. The smallest absolute Gasteiger partial charge is 0.318 e. The summed E-state index contributed by atoms with van der Waals surface area (Å²) in [5.41, 5.74) is 6.69. The van der Waals surface area contributed by atoms with Crippen molar-refractivity contribution in [3.63, 3.8) is 0 Å². The Balaban J connectivity index is 1.78. The van der Waals surface area contributed by atoms with Crippen LogP contribution >= 0.6 is 11.3 Å². The quantitative estimate of drug-likeness (QED) is 0.881. The van der Waals surface area contributed by atoms with Gasteiger partial charge in [0.2, 0.25) is 5.13 Å². The van der Waals surface area contributed by atoms with Crippen LogP contribution < -0.4 is 11.1 Å². The Morgan fingerprint density at radius 1 is 1.21 bits per heavy atom. The fraction of sp³-hybridized carbons (Fsp3) is 0.438. The molecule has 128 valence electrons. The topological polar surface area (TPSA) is 87.4 Å². The van der Waals surface area contributed by atoms with E-state index in [0.717, 1.165) is 38.2 Å². The molecule has 2 heterocycles. The lowest BCUT2D eigenvalue weighted by molar-refractivity contribution is 0.197. The molecule has 1 saturated heterocycles. The minimum Gasteiger partial charge on any atom is -0.374 e. The first-order valence-electron chi connectivity index (χ1n) is 8.01. The van der Waals surface area contributed by atoms with Gasteiger partial charge in [0.15, 0.2) is 0 Å². The fourth-order valence-electron chi connectivity index (χ4n) is 2.76. The summed E-state index contributed by atoms with van der Waals surface area (Å²) in [5, 5.41) is 12.2. The van der Waals surface area contributed by atoms with Crippen LogP contribution in [0.15, 0.2) is 30.3 Å². The Morgan fingerprint density at radius 2 is 2.00 bits per heavy atom. The molecule has 1 aromatic heterocycles. The van der Waals surface area contributed by atoms with Crippen molar-refractivity contribution in [2.24, 2.45) is 0 Å². The van der Waals surface area contributed by atoms with Crippen molar-refractivity contribution in [3.05, 3.63) is 40.9 Å². The Kier molecular flexibility index (Phi) is 5.27. The lowest BCUT2D eigenvalue weighted by atomic mass is 10.1. The van der Waals surface area contributed by atoms with Gasteiger partial charge in [-0.1, -0.05) is 41.7 Å². The van der Waals surface area contributed by atoms with Gasteiger partial charge in [0, 0.05) is 19.6 Å². The van der Waals surface area contributed by atoms with Crippen LogP contribution in [0.3, 0.4) is 0 Å². The van der Waals surface area contributed by atoms with Gasteiger partial charge in [-0.25, -0.2) is 4.79 Å². The highest BCUT2D eigenvalue weighted by Crippen LogP contribution is 2.26. The number of nitrogen functional groups attached to an aromatic ring is 1. The van der Waals surface area contributed by atoms with Crippen LogP contribution in [0.4, 0.5) is 9.93 Å². The second kappa shape index (κ2) is 7.59. The number of hydrogen-bond acceptors (Lipinski definition) is 6. The van der Waals surface area contributed by atoms with E-state index in [2.05, 4.69) is 27.5 Å². The SMILES string of the molecule is CN1CCCN(C(=O)N[C@H](c2ccccc2)c2nnc(N)s2)CC1. The minimum atomic E-state index is -0.338. The molecule has 1 atom stereocenters. The molecular formula is C16H22N6OS. The number of nitrogens with two attached hydrogens (primary N) is 1. The molecule has 3 rings (SSSR count).